The number of hydrogen-bond acceptors (Lipinski definition) is 5. The van der Waals surface area contributed by atoms with Gasteiger partial charge in [-0.15, -0.1) is 0 Å². The number of carbonyl (C=O) groups is 1. The highest BCUT2D eigenvalue weighted by Crippen LogP contribution is 2.55. The number of halogens is 1. The van der Waals surface area contributed by atoms with Crippen LogP contribution < -0.4 is 14.8 Å². The highest BCUT2D eigenvalue weighted by Gasteiger charge is 2.61. The number of carbonyl (C=O) groups excluding carboxylic acids is 1. The maximum Gasteiger partial charge on any atom is 0.328 e. The van der Waals surface area contributed by atoms with Crippen LogP contribution in [0.1, 0.15) is 51.2 Å². The summed E-state index contributed by atoms with van der Waals surface area (Å²) in [5.74, 6) is 0.929. The van der Waals surface area contributed by atoms with Crippen molar-refractivity contribution < 1.29 is 22.7 Å². The lowest BCUT2D eigenvalue weighted by atomic mass is 9.75. The van der Waals surface area contributed by atoms with Gasteiger partial charge in [0.25, 0.3) is 10.0 Å². The Labute approximate surface area is 206 Å². The number of benzene rings is 2. The van der Waals surface area contributed by atoms with Crippen molar-refractivity contribution in [1.82, 2.24) is 10.0 Å². The van der Waals surface area contributed by atoms with Gasteiger partial charge in [0.15, 0.2) is 0 Å². The van der Waals surface area contributed by atoms with E-state index in [0.717, 1.165) is 24.8 Å². The highest BCUT2D eigenvalue weighted by molar-refractivity contribution is 7.90. The topological polar surface area (TPSA) is 93.7 Å². The second kappa shape index (κ2) is 9.06. The van der Waals surface area contributed by atoms with E-state index in [1.165, 1.54) is 12.1 Å². The van der Waals surface area contributed by atoms with E-state index in [9.17, 15) is 13.2 Å². The Hall–Kier alpha value is -2.29. The maximum atomic E-state index is 12.5. The van der Waals surface area contributed by atoms with Gasteiger partial charge in [0, 0.05) is 23.6 Å². The summed E-state index contributed by atoms with van der Waals surface area (Å²) in [4.78, 5) is 12.4. The standard InChI is InChI=1S/C25H31ClN2O5S/c1-16(2)25-13-12-24(4,33-25)22(14-25)32-21-7-5-6-20(26)19(21)15-27-23(29)28-34(30,31)18-10-8-17(3)9-11-18/h5-11,16,22H,12-15H2,1-4H3,(H2,27,28,29)/t22-,24-,25+/m1/s1. The molecule has 184 valence electrons. The van der Waals surface area contributed by atoms with Gasteiger partial charge in [-0.2, -0.15) is 0 Å². The zero-order chi connectivity index (χ0) is 24.7. The number of sulfonamides is 1. The van der Waals surface area contributed by atoms with Crippen molar-refractivity contribution in [1.29, 1.82) is 0 Å². The van der Waals surface area contributed by atoms with Gasteiger partial charge in [-0.1, -0.05) is 49.2 Å². The van der Waals surface area contributed by atoms with Crippen molar-refractivity contribution >= 4 is 27.7 Å². The molecular formula is C25H31ClN2O5S. The molecule has 2 aliphatic rings. The van der Waals surface area contributed by atoms with Crippen LogP contribution in [-0.2, 0) is 21.3 Å². The predicted octanol–water partition coefficient (Wildman–Crippen LogP) is 4.95. The fourth-order valence-corrected chi connectivity index (χ4v) is 5.97. The molecule has 2 heterocycles. The largest absolute Gasteiger partial charge is 0.487 e. The Morgan fingerprint density at radius 2 is 1.91 bits per heavy atom. The lowest BCUT2D eigenvalue weighted by Crippen LogP contribution is -2.41. The van der Waals surface area contributed by atoms with E-state index in [1.807, 2.05) is 11.6 Å². The zero-order valence-corrected chi connectivity index (χ0v) is 21.4. The van der Waals surface area contributed by atoms with Gasteiger partial charge in [0.2, 0.25) is 0 Å². The molecule has 0 aromatic heterocycles. The third kappa shape index (κ3) is 4.76. The van der Waals surface area contributed by atoms with Crippen molar-refractivity contribution in [3.63, 3.8) is 0 Å². The molecule has 2 fully saturated rings. The quantitative estimate of drug-likeness (QED) is 0.554. The van der Waals surface area contributed by atoms with Gasteiger partial charge in [0.1, 0.15) is 17.5 Å². The second-order valence-corrected chi connectivity index (χ2v) is 11.9. The summed E-state index contributed by atoms with van der Waals surface area (Å²) in [5.41, 5.74) is 0.943. The van der Waals surface area contributed by atoms with Crippen molar-refractivity contribution in [2.75, 3.05) is 0 Å². The van der Waals surface area contributed by atoms with Gasteiger partial charge in [-0.05, 0) is 56.9 Å². The summed E-state index contributed by atoms with van der Waals surface area (Å²) < 4.78 is 39.9. The predicted molar refractivity (Wildman–Crippen MR) is 131 cm³/mol. The molecule has 2 N–H and O–H groups in total. The van der Waals surface area contributed by atoms with Crippen LogP contribution in [0.3, 0.4) is 0 Å². The number of hydrogen-bond donors (Lipinski definition) is 2. The summed E-state index contributed by atoms with van der Waals surface area (Å²) in [6.07, 6.45) is 2.58. The average molecular weight is 507 g/mol. The zero-order valence-electron chi connectivity index (χ0n) is 19.9. The van der Waals surface area contributed by atoms with Crippen LogP contribution in [-0.4, -0.2) is 31.8 Å². The lowest BCUT2D eigenvalue weighted by molar-refractivity contribution is -0.0770. The molecule has 2 aromatic carbocycles. The molecule has 0 aliphatic carbocycles. The SMILES string of the molecule is Cc1ccc(S(=O)(=O)NC(=O)NCc2c(Cl)cccc2O[C@@H]2C[C@]3(C(C)C)CC[C@@]2(C)O3)cc1. The van der Waals surface area contributed by atoms with Gasteiger partial charge >= 0.3 is 6.03 Å². The van der Waals surface area contributed by atoms with E-state index < -0.39 is 16.1 Å². The summed E-state index contributed by atoms with van der Waals surface area (Å²) in [7, 11) is -3.99. The van der Waals surface area contributed by atoms with Crippen LogP contribution in [0.5, 0.6) is 5.75 Å². The number of aryl methyl sites for hydroxylation is 1. The third-order valence-corrected chi connectivity index (χ3v) is 8.78. The Morgan fingerprint density at radius 3 is 2.56 bits per heavy atom. The average Bonchev–Trinajstić information content (AvgIpc) is 3.25. The van der Waals surface area contributed by atoms with Crippen molar-refractivity contribution in [2.45, 2.75) is 75.7 Å². The molecule has 34 heavy (non-hydrogen) atoms. The molecule has 9 heteroatoms. The first-order valence-electron chi connectivity index (χ1n) is 11.5. The molecule has 2 aromatic rings. The van der Waals surface area contributed by atoms with E-state index in [2.05, 4.69) is 26.1 Å². The molecule has 7 nitrogen and oxygen atoms in total. The molecule has 2 amide bonds. The van der Waals surface area contributed by atoms with Gasteiger partial charge < -0.3 is 14.8 Å². The number of fused-ring (bicyclic) bond motifs is 2. The minimum absolute atomic E-state index is 0.00384. The van der Waals surface area contributed by atoms with Crippen molar-refractivity contribution in [2.24, 2.45) is 5.92 Å². The molecule has 0 radical (unpaired) electrons. The Bertz CT molecular complexity index is 1180. The molecular weight excluding hydrogens is 476 g/mol. The molecule has 0 spiro atoms. The lowest BCUT2D eigenvalue weighted by Gasteiger charge is -2.32. The minimum Gasteiger partial charge on any atom is -0.487 e. The third-order valence-electron chi connectivity index (χ3n) is 7.07. The molecule has 0 unspecified atom stereocenters. The van der Waals surface area contributed by atoms with E-state index >= 15 is 0 Å². The fourth-order valence-electron chi connectivity index (χ4n) is 4.81. The summed E-state index contributed by atoms with van der Waals surface area (Å²) in [6, 6.07) is 10.7. The first-order valence-corrected chi connectivity index (χ1v) is 13.3. The molecule has 2 aliphatic heterocycles. The Kier molecular flexibility index (Phi) is 6.61. The van der Waals surface area contributed by atoms with Crippen molar-refractivity contribution in [3.8, 4) is 5.75 Å². The molecule has 2 saturated heterocycles. The van der Waals surface area contributed by atoms with Crippen LogP contribution in [0.15, 0.2) is 47.4 Å². The Morgan fingerprint density at radius 1 is 1.21 bits per heavy atom. The molecule has 0 saturated carbocycles. The summed E-state index contributed by atoms with van der Waals surface area (Å²) in [6.45, 7) is 8.29. The van der Waals surface area contributed by atoms with Gasteiger partial charge in [0.05, 0.1) is 10.5 Å². The monoisotopic (exact) mass is 506 g/mol. The van der Waals surface area contributed by atoms with Crippen molar-refractivity contribution in [3.05, 3.63) is 58.6 Å². The van der Waals surface area contributed by atoms with E-state index in [4.69, 9.17) is 21.1 Å². The smallest absolute Gasteiger partial charge is 0.328 e. The number of nitrogens with one attached hydrogen (secondary N) is 2. The van der Waals surface area contributed by atoms with Crippen LogP contribution in [0, 0.1) is 12.8 Å². The van der Waals surface area contributed by atoms with Crippen LogP contribution in [0.2, 0.25) is 5.02 Å². The van der Waals surface area contributed by atoms with E-state index in [0.29, 0.717) is 22.3 Å². The van der Waals surface area contributed by atoms with E-state index in [1.54, 1.807) is 30.3 Å². The summed E-state index contributed by atoms with van der Waals surface area (Å²) >= 11 is 6.43. The maximum absolute atomic E-state index is 12.5. The Balaban J connectivity index is 1.45. The minimum atomic E-state index is -3.99. The van der Waals surface area contributed by atoms with Crippen LogP contribution in [0.4, 0.5) is 4.79 Å². The second-order valence-electron chi connectivity index (χ2n) is 9.76. The highest BCUT2D eigenvalue weighted by atomic mass is 35.5. The fraction of sp³-hybridized carbons (Fsp3) is 0.480. The number of rotatable bonds is 7. The molecule has 3 atom stereocenters. The number of amides is 2. The molecule has 2 bridgehead atoms. The van der Waals surface area contributed by atoms with E-state index in [-0.39, 0.29) is 28.7 Å². The van der Waals surface area contributed by atoms with Crippen LogP contribution in [0.25, 0.3) is 0 Å². The first kappa shape index (κ1) is 24.8. The summed E-state index contributed by atoms with van der Waals surface area (Å²) in [5, 5.41) is 3.01. The molecule has 4 rings (SSSR count). The van der Waals surface area contributed by atoms with Crippen LogP contribution >= 0.6 is 11.6 Å². The van der Waals surface area contributed by atoms with Gasteiger partial charge in [-0.3, -0.25) is 0 Å². The van der Waals surface area contributed by atoms with Gasteiger partial charge in [-0.25, -0.2) is 17.9 Å². The number of ether oxygens (including phenoxy) is 2. The number of urea groups is 1. The normalized spacial score (nSPS) is 26.0. The first-order chi connectivity index (χ1) is 15.9.